The molecule has 134 valence electrons. The fraction of sp³-hybridized carbons (Fsp3) is 0.188. The molecule has 0 aliphatic heterocycles. The zero-order valence-electron chi connectivity index (χ0n) is 13.7. The summed E-state index contributed by atoms with van der Waals surface area (Å²) in [7, 11) is 1.55. The minimum absolute atomic E-state index is 0.237. The molecular formula is C16H14ClN5O3S. The van der Waals surface area contributed by atoms with Crippen LogP contribution >= 0.6 is 22.9 Å². The Bertz CT molecular complexity index is 971. The number of hydrogen-bond donors (Lipinski definition) is 1. The van der Waals surface area contributed by atoms with Gasteiger partial charge in [0.15, 0.2) is 0 Å². The molecule has 0 saturated heterocycles. The van der Waals surface area contributed by atoms with E-state index in [1.54, 1.807) is 37.4 Å². The highest BCUT2D eigenvalue weighted by Crippen LogP contribution is 2.18. The number of carbonyl (C=O) groups excluding carboxylic acids is 1. The van der Waals surface area contributed by atoms with Gasteiger partial charge in [-0.15, -0.1) is 10.2 Å². The van der Waals surface area contributed by atoms with E-state index in [0.29, 0.717) is 27.5 Å². The molecule has 0 fully saturated rings. The fourth-order valence-electron chi connectivity index (χ4n) is 2.12. The first-order valence-corrected chi connectivity index (χ1v) is 8.70. The third-order valence-corrected chi connectivity index (χ3v) is 4.35. The Balaban J connectivity index is 1.74. The molecule has 2 aromatic heterocycles. The van der Waals surface area contributed by atoms with Crippen molar-refractivity contribution in [2.45, 2.75) is 13.2 Å². The van der Waals surface area contributed by atoms with Crippen LogP contribution in [0.25, 0.3) is 11.3 Å². The van der Waals surface area contributed by atoms with E-state index >= 15 is 0 Å². The molecule has 2 heterocycles. The summed E-state index contributed by atoms with van der Waals surface area (Å²) < 4.78 is 6.05. The zero-order valence-corrected chi connectivity index (χ0v) is 15.3. The molecule has 0 bridgehead atoms. The highest BCUT2D eigenvalue weighted by atomic mass is 35.5. The van der Waals surface area contributed by atoms with Crippen LogP contribution in [0.5, 0.6) is 0 Å². The predicted molar refractivity (Wildman–Crippen MR) is 98.2 cm³/mol. The van der Waals surface area contributed by atoms with Crippen molar-refractivity contribution in [3.05, 3.63) is 56.8 Å². The standard InChI is InChI=1S/C16H14ClN5O3S/c1-25-9-14-19-20-16(26-14)18-13(23)8-22-15(24)7-6-12(21-22)10-2-4-11(17)5-3-10/h2-7H,8-9H2,1H3,(H,18,20,23). The van der Waals surface area contributed by atoms with E-state index in [2.05, 4.69) is 20.6 Å². The van der Waals surface area contributed by atoms with Crippen LogP contribution < -0.4 is 10.9 Å². The number of nitrogens with zero attached hydrogens (tertiary/aromatic N) is 4. The average molecular weight is 392 g/mol. The van der Waals surface area contributed by atoms with Gasteiger partial charge in [-0.05, 0) is 18.2 Å². The summed E-state index contributed by atoms with van der Waals surface area (Å²) in [5.74, 6) is -0.423. The Kier molecular flexibility index (Phi) is 5.71. The third kappa shape index (κ3) is 4.51. The molecule has 0 saturated carbocycles. The molecule has 10 heteroatoms. The van der Waals surface area contributed by atoms with Gasteiger partial charge in [0, 0.05) is 23.8 Å². The second-order valence-electron chi connectivity index (χ2n) is 5.20. The topological polar surface area (TPSA) is 99.0 Å². The summed E-state index contributed by atoms with van der Waals surface area (Å²) in [6.07, 6.45) is 0. The third-order valence-electron chi connectivity index (χ3n) is 3.28. The highest BCUT2D eigenvalue weighted by Gasteiger charge is 2.11. The molecule has 1 amide bonds. The van der Waals surface area contributed by atoms with Crippen molar-refractivity contribution in [3.63, 3.8) is 0 Å². The van der Waals surface area contributed by atoms with Crippen LogP contribution in [0, 0.1) is 0 Å². The molecule has 3 rings (SSSR count). The number of aromatic nitrogens is 4. The normalized spacial score (nSPS) is 10.7. The molecule has 1 N–H and O–H groups in total. The molecule has 1 aromatic carbocycles. The number of nitrogens with one attached hydrogen (secondary N) is 1. The molecule has 0 aliphatic carbocycles. The van der Waals surface area contributed by atoms with Gasteiger partial charge in [-0.25, -0.2) is 4.68 Å². The predicted octanol–water partition coefficient (Wildman–Crippen LogP) is 2.20. The van der Waals surface area contributed by atoms with Crippen LogP contribution in [0.4, 0.5) is 5.13 Å². The minimum atomic E-state index is -0.423. The molecule has 26 heavy (non-hydrogen) atoms. The van der Waals surface area contributed by atoms with Crippen molar-refractivity contribution >= 4 is 34.0 Å². The first-order chi connectivity index (χ1) is 12.5. The van der Waals surface area contributed by atoms with Gasteiger partial charge in [0.05, 0.1) is 5.69 Å². The summed E-state index contributed by atoms with van der Waals surface area (Å²) in [6.45, 7) is 0.0805. The summed E-state index contributed by atoms with van der Waals surface area (Å²) in [5, 5.41) is 16.1. The van der Waals surface area contributed by atoms with Crippen molar-refractivity contribution in [1.29, 1.82) is 0 Å². The number of benzene rings is 1. The van der Waals surface area contributed by atoms with E-state index in [4.69, 9.17) is 16.3 Å². The van der Waals surface area contributed by atoms with Gasteiger partial charge in [0.2, 0.25) is 11.0 Å². The van der Waals surface area contributed by atoms with Crippen LogP contribution in [-0.2, 0) is 22.7 Å². The van der Waals surface area contributed by atoms with E-state index < -0.39 is 5.91 Å². The SMILES string of the molecule is COCc1nnc(NC(=O)Cn2nc(-c3ccc(Cl)cc3)ccc2=O)s1. The number of rotatable bonds is 6. The zero-order chi connectivity index (χ0) is 18.5. The Morgan fingerprint density at radius 3 is 2.73 bits per heavy atom. The molecule has 0 radical (unpaired) electrons. The second-order valence-corrected chi connectivity index (χ2v) is 6.70. The van der Waals surface area contributed by atoms with Crippen molar-refractivity contribution in [3.8, 4) is 11.3 Å². The lowest BCUT2D eigenvalue weighted by Crippen LogP contribution is -2.29. The van der Waals surface area contributed by atoms with Crippen LogP contribution in [0.15, 0.2) is 41.2 Å². The molecule has 3 aromatic rings. The van der Waals surface area contributed by atoms with E-state index in [1.807, 2.05) is 0 Å². The van der Waals surface area contributed by atoms with Gasteiger partial charge >= 0.3 is 0 Å². The van der Waals surface area contributed by atoms with Crippen LogP contribution in [0.1, 0.15) is 5.01 Å². The van der Waals surface area contributed by atoms with Crippen LogP contribution in [0.3, 0.4) is 0 Å². The molecule has 8 nitrogen and oxygen atoms in total. The van der Waals surface area contributed by atoms with Gasteiger partial charge in [0.1, 0.15) is 18.2 Å². The maximum atomic E-state index is 12.2. The van der Waals surface area contributed by atoms with Gasteiger partial charge in [0.25, 0.3) is 5.56 Å². The lowest BCUT2D eigenvalue weighted by Gasteiger charge is -2.07. The number of ether oxygens (including phenoxy) is 1. The number of hydrogen-bond acceptors (Lipinski definition) is 7. The van der Waals surface area contributed by atoms with Crippen LogP contribution in [-0.4, -0.2) is 33.0 Å². The fourth-order valence-corrected chi connectivity index (χ4v) is 2.97. The number of carbonyl (C=O) groups is 1. The minimum Gasteiger partial charge on any atom is -0.377 e. The van der Waals surface area contributed by atoms with E-state index in [0.717, 1.165) is 10.2 Å². The van der Waals surface area contributed by atoms with Crippen molar-refractivity contribution in [2.75, 3.05) is 12.4 Å². The molecule has 0 aliphatic rings. The Morgan fingerprint density at radius 2 is 2.00 bits per heavy atom. The maximum Gasteiger partial charge on any atom is 0.267 e. The van der Waals surface area contributed by atoms with E-state index in [1.165, 1.54) is 17.4 Å². The monoisotopic (exact) mass is 391 g/mol. The second kappa shape index (κ2) is 8.17. The van der Waals surface area contributed by atoms with Gasteiger partial charge in [-0.3, -0.25) is 14.9 Å². The molecule has 0 unspecified atom stereocenters. The molecular weight excluding hydrogens is 378 g/mol. The number of methoxy groups -OCH3 is 1. The lowest BCUT2D eigenvalue weighted by molar-refractivity contribution is -0.117. The van der Waals surface area contributed by atoms with Crippen molar-refractivity contribution in [2.24, 2.45) is 0 Å². The number of anilines is 1. The van der Waals surface area contributed by atoms with Crippen molar-refractivity contribution in [1.82, 2.24) is 20.0 Å². The smallest absolute Gasteiger partial charge is 0.267 e. The first-order valence-electron chi connectivity index (χ1n) is 7.50. The summed E-state index contributed by atoms with van der Waals surface area (Å²) >= 11 is 7.08. The average Bonchev–Trinajstić information content (AvgIpc) is 3.05. The quantitative estimate of drug-likeness (QED) is 0.691. The number of halogens is 1. The van der Waals surface area contributed by atoms with Gasteiger partial charge in [-0.1, -0.05) is 35.1 Å². The summed E-state index contributed by atoms with van der Waals surface area (Å²) in [6, 6.07) is 10.0. The van der Waals surface area contributed by atoms with Gasteiger partial charge < -0.3 is 4.74 Å². The van der Waals surface area contributed by atoms with E-state index in [-0.39, 0.29) is 12.1 Å². The summed E-state index contributed by atoms with van der Waals surface area (Å²) in [5.41, 5.74) is 0.972. The van der Waals surface area contributed by atoms with Crippen molar-refractivity contribution < 1.29 is 9.53 Å². The Hall–Kier alpha value is -2.62. The first kappa shape index (κ1) is 18.2. The Morgan fingerprint density at radius 1 is 1.23 bits per heavy atom. The molecule has 0 atom stereocenters. The van der Waals surface area contributed by atoms with E-state index in [9.17, 15) is 9.59 Å². The van der Waals surface area contributed by atoms with Crippen LogP contribution in [0.2, 0.25) is 5.02 Å². The summed E-state index contributed by atoms with van der Waals surface area (Å²) in [4.78, 5) is 24.2. The Labute approximate surface area is 157 Å². The largest absolute Gasteiger partial charge is 0.377 e. The lowest BCUT2D eigenvalue weighted by atomic mass is 10.1. The van der Waals surface area contributed by atoms with Gasteiger partial charge in [-0.2, -0.15) is 5.10 Å². The highest BCUT2D eigenvalue weighted by molar-refractivity contribution is 7.15. The maximum absolute atomic E-state index is 12.2. The molecule has 0 spiro atoms. The number of amides is 1.